The highest BCUT2D eigenvalue weighted by molar-refractivity contribution is 5.76. The standard InChI is InChI=1S/C15H29NO3/c1-11(6-7-14(18)19)8-9-16-13(17)10-12(2)15(3,4)5/h11-12H,6-10H2,1-5H3,(H,16,17)(H,18,19). The van der Waals surface area contributed by atoms with Crippen molar-refractivity contribution < 1.29 is 14.7 Å². The lowest BCUT2D eigenvalue weighted by molar-refractivity contribution is -0.137. The number of carboxylic acids is 1. The van der Waals surface area contributed by atoms with Gasteiger partial charge in [0.15, 0.2) is 0 Å². The van der Waals surface area contributed by atoms with Crippen molar-refractivity contribution in [3.05, 3.63) is 0 Å². The molecule has 4 nitrogen and oxygen atoms in total. The van der Waals surface area contributed by atoms with Crippen molar-refractivity contribution in [2.24, 2.45) is 17.3 Å². The van der Waals surface area contributed by atoms with Crippen molar-refractivity contribution >= 4 is 11.9 Å². The third-order valence-corrected chi connectivity index (χ3v) is 3.78. The van der Waals surface area contributed by atoms with Gasteiger partial charge in [-0.1, -0.05) is 34.6 Å². The van der Waals surface area contributed by atoms with Gasteiger partial charge in [-0.2, -0.15) is 0 Å². The van der Waals surface area contributed by atoms with Gasteiger partial charge in [0.1, 0.15) is 0 Å². The summed E-state index contributed by atoms with van der Waals surface area (Å²) in [6, 6.07) is 0. The Morgan fingerprint density at radius 3 is 2.21 bits per heavy atom. The molecule has 0 fully saturated rings. The number of nitrogens with one attached hydrogen (secondary N) is 1. The van der Waals surface area contributed by atoms with Crippen LogP contribution in [0.25, 0.3) is 0 Å². The molecule has 19 heavy (non-hydrogen) atoms. The monoisotopic (exact) mass is 271 g/mol. The van der Waals surface area contributed by atoms with Gasteiger partial charge in [0.2, 0.25) is 5.91 Å². The molecule has 0 saturated heterocycles. The first-order chi connectivity index (χ1) is 8.62. The topological polar surface area (TPSA) is 66.4 Å². The van der Waals surface area contributed by atoms with Crippen LogP contribution in [-0.2, 0) is 9.59 Å². The summed E-state index contributed by atoms with van der Waals surface area (Å²) in [5.41, 5.74) is 0.145. The van der Waals surface area contributed by atoms with E-state index in [0.717, 1.165) is 6.42 Å². The molecule has 2 atom stereocenters. The molecule has 0 rings (SSSR count). The van der Waals surface area contributed by atoms with Crippen LogP contribution in [0.5, 0.6) is 0 Å². The van der Waals surface area contributed by atoms with Gasteiger partial charge in [-0.05, 0) is 30.1 Å². The summed E-state index contributed by atoms with van der Waals surface area (Å²) >= 11 is 0. The molecule has 2 unspecified atom stereocenters. The van der Waals surface area contributed by atoms with Crippen molar-refractivity contribution in [3.8, 4) is 0 Å². The molecule has 0 bridgehead atoms. The smallest absolute Gasteiger partial charge is 0.303 e. The maximum Gasteiger partial charge on any atom is 0.303 e. The van der Waals surface area contributed by atoms with Gasteiger partial charge < -0.3 is 10.4 Å². The number of hydrogen-bond donors (Lipinski definition) is 2. The van der Waals surface area contributed by atoms with Gasteiger partial charge in [0.25, 0.3) is 0 Å². The molecule has 0 saturated carbocycles. The molecule has 0 radical (unpaired) electrons. The Hall–Kier alpha value is -1.06. The zero-order chi connectivity index (χ0) is 15.1. The third kappa shape index (κ3) is 9.51. The Morgan fingerprint density at radius 2 is 1.74 bits per heavy atom. The number of carbonyl (C=O) groups is 2. The van der Waals surface area contributed by atoms with Crippen LogP contribution in [0.3, 0.4) is 0 Å². The first kappa shape index (κ1) is 17.9. The Balaban J connectivity index is 3.77. The van der Waals surface area contributed by atoms with Crippen LogP contribution in [0.15, 0.2) is 0 Å². The summed E-state index contributed by atoms with van der Waals surface area (Å²) in [7, 11) is 0. The van der Waals surface area contributed by atoms with E-state index in [1.165, 1.54) is 0 Å². The SMILES string of the molecule is CC(CCNC(=O)CC(C)C(C)(C)C)CCC(=O)O. The van der Waals surface area contributed by atoms with Crippen molar-refractivity contribution in [1.82, 2.24) is 5.32 Å². The second-order valence-electron chi connectivity index (χ2n) is 6.65. The minimum atomic E-state index is -0.755. The Morgan fingerprint density at radius 1 is 1.16 bits per heavy atom. The zero-order valence-corrected chi connectivity index (χ0v) is 13.0. The molecule has 0 aromatic carbocycles. The molecule has 0 spiro atoms. The lowest BCUT2D eigenvalue weighted by Gasteiger charge is -2.26. The van der Waals surface area contributed by atoms with Gasteiger partial charge in [0, 0.05) is 19.4 Å². The fraction of sp³-hybridized carbons (Fsp3) is 0.867. The van der Waals surface area contributed by atoms with Gasteiger partial charge >= 0.3 is 5.97 Å². The molecule has 1 amide bonds. The highest BCUT2D eigenvalue weighted by Gasteiger charge is 2.22. The average molecular weight is 271 g/mol. The van der Waals surface area contributed by atoms with Crippen LogP contribution in [0.2, 0.25) is 0 Å². The predicted octanol–water partition coefficient (Wildman–Crippen LogP) is 3.07. The van der Waals surface area contributed by atoms with Gasteiger partial charge in [-0.15, -0.1) is 0 Å². The summed E-state index contributed by atoms with van der Waals surface area (Å²) in [6.07, 6.45) is 2.26. The molecule has 0 heterocycles. The Bertz CT molecular complexity index is 294. The second-order valence-corrected chi connectivity index (χ2v) is 6.65. The normalized spacial score (nSPS) is 14.8. The third-order valence-electron chi connectivity index (χ3n) is 3.78. The summed E-state index contributed by atoms with van der Waals surface area (Å²) in [4.78, 5) is 22.2. The molecule has 2 N–H and O–H groups in total. The maximum absolute atomic E-state index is 11.7. The van der Waals surface area contributed by atoms with Crippen LogP contribution in [0, 0.1) is 17.3 Å². The summed E-state index contributed by atoms with van der Waals surface area (Å²) in [5, 5.41) is 11.5. The quantitative estimate of drug-likeness (QED) is 0.713. The van der Waals surface area contributed by atoms with Crippen molar-refractivity contribution in [2.45, 2.75) is 60.3 Å². The van der Waals surface area contributed by atoms with E-state index in [1.54, 1.807) is 0 Å². The van der Waals surface area contributed by atoms with E-state index in [-0.39, 0.29) is 17.7 Å². The van der Waals surface area contributed by atoms with E-state index < -0.39 is 5.97 Å². The largest absolute Gasteiger partial charge is 0.481 e. The van der Waals surface area contributed by atoms with Gasteiger partial charge in [0.05, 0.1) is 0 Å². The second kappa shape index (κ2) is 8.18. The van der Waals surface area contributed by atoms with Gasteiger partial charge in [-0.3, -0.25) is 9.59 Å². The predicted molar refractivity (Wildman–Crippen MR) is 76.9 cm³/mol. The summed E-state index contributed by atoms with van der Waals surface area (Å²) < 4.78 is 0. The molecule has 0 aliphatic heterocycles. The van der Waals surface area contributed by atoms with E-state index in [1.807, 2.05) is 6.92 Å². The molecule has 4 heteroatoms. The lowest BCUT2D eigenvalue weighted by atomic mass is 9.80. The fourth-order valence-corrected chi connectivity index (χ4v) is 1.63. The highest BCUT2D eigenvalue weighted by Crippen LogP contribution is 2.27. The number of amides is 1. The lowest BCUT2D eigenvalue weighted by Crippen LogP contribution is -2.30. The van der Waals surface area contributed by atoms with Crippen LogP contribution in [0.4, 0.5) is 0 Å². The molecule has 0 aromatic rings. The molecular formula is C15H29NO3. The van der Waals surface area contributed by atoms with E-state index in [2.05, 4.69) is 33.0 Å². The van der Waals surface area contributed by atoms with Crippen molar-refractivity contribution in [3.63, 3.8) is 0 Å². The highest BCUT2D eigenvalue weighted by atomic mass is 16.4. The minimum absolute atomic E-state index is 0.0906. The number of rotatable bonds is 8. The van der Waals surface area contributed by atoms with Crippen molar-refractivity contribution in [1.29, 1.82) is 0 Å². The number of carboxylic acid groups (broad SMARTS) is 1. The Labute approximate surface area is 117 Å². The van der Waals surface area contributed by atoms with E-state index in [9.17, 15) is 9.59 Å². The minimum Gasteiger partial charge on any atom is -0.481 e. The zero-order valence-electron chi connectivity index (χ0n) is 13.0. The number of aliphatic carboxylic acids is 1. The number of carbonyl (C=O) groups excluding carboxylic acids is 1. The van der Waals surface area contributed by atoms with Crippen LogP contribution in [-0.4, -0.2) is 23.5 Å². The van der Waals surface area contributed by atoms with E-state index in [0.29, 0.717) is 31.2 Å². The van der Waals surface area contributed by atoms with E-state index in [4.69, 9.17) is 5.11 Å². The first-order valence-corrected chi connectivity index (χ1v) is 7.11. The molecule has 0 aliphatic carbocycles. The summed E-state index contributed by atoms with van der Waals surface area (Å²) in [6.45, 7) is 11.2. The van der Waals surface area contributed by atoms with E-state index >= 15 is 0 Å². The van der Waals surface area contributed by atoms with Crippen LogP contribution >= 0.6 is 0 Å². The summed E-state index contributed by atoms with van der Waals surface area (Å²) in [5.74, 6) is 0.0103. The average Bonchev–Trinajstić information content (AvgIpc) is 2.24. The van der Waals surface area contributed by atoms with Gasteiger partial charge in [-0.25, -0.2) is 0 Å². The molecule has 0 aliphatic rings. The first-order valence-electron chi connectivity index (χ1n) is 7.11. The molecular weight excluding hydrogens is 242 g/mol. The fourth-order valence-electron chi connectivity index (χ4n) is 1.63. The molecule has 112 valence electrons. The van der Waals surface area contributed by atoms with Crippen LogP contribution in [0.1, 0.15) is 60.3 Å². The number of hydrogen-bond acceptors (Lipinski definition) is 2. The Kier molecular flexibility index (Phi) is 7.72. The molecule has 0 aromatic heterocycles. The van der Waals surface area contributed by atoms with Crippen LogP contribution < -0.4 is 5.32 Å². The maximum atomic E-state index is 11.7. The van der Waals surface area contributed by atoms with Crippen molar-refractivity contribution in [2.75, 3.05) is 6.54 Å².